The van der Waals surface area contributed by atoms with Crippen molar-refractivity contribution in [2.75, 3.05) is 6.54 Å². The van der Waals surface area contributed by atoms with Gasteiger partial charge in [-0.2, -0.15) is 0 Å². The van der Waals surface area contributed by atoms with Crippen molar-refractivity contribution in [3.8, 4) is 0 Å². The molecule has 0 radical (unpaired) electrons. The maximum absolute atomic E-state index is 5.92. The summed E-state index contributed by atoms with van der Waals surface area (Å²) >= 11 is 9.25. The Kier molecular flexibility index (Phi) is 4.31. The average Bonchev–Trinajstić information content (AvgIpc) is 3.00. The van der Waals surface area contributed by atoms with Crippen LogP contribution in [0.1, 0.15) is 12.1 Å². The molecular formula is C14H14ClN3S2. The van der Waals surface area contributed by atoms with Crippen LogP contribution in [-0.2, 0) is 6.42 Å². The van der Waals surface area contributed by atoms with Gasteiger partial charge in [0, 0.05) is 21.5 Å². The van der Waals surface area contributed by atoms with Gasteiger partial charge in [-0.05, 0) is 43.7 Å². The first kappa shape index (κ1) is 13.9. The van der Waals surface area contributed by atoms with Gasteiger partial charge in [-0.25, -0.2) is 4.98 Å². The van der Waals surface area contributed by atoms with E-state index >= 15 is 0 Å². The lowest BCUT2D eigenvalue weighted by Crippen LogP contribution is -2.02. The molecule has 3 nitrogen and oxygen atoms in total. The van der Waals surface area contributed by atoms with Gasteiger partial charge in [0.05, 0.1) is 5.69 Å². The molecular weight excluding hydrogens is 310 g/mol. The highest BCUT2D eigenvalue weighted by atomic mass is 35.5. The Balaban J connectivity index is 1.93. The van der Waals surface area contributed by atoms with Crippen molar-refractivity contribution in [3.05, 3.63) is 46.6 Å². The van der Waals surface area contributed by atoms with Crippen molar-refractivity contribution in [2.24, 2.45) is 5.73 Å². The summed E-state index contributed by atoms with van der Waals surface area (Å²) in [7, 11) is 0. The number of fused-ring (bicyclic) bond motifs is 1. The Morgan fingerprint density at radius 2 is 2.10 bits per heavy atom. The molecule has 0 amide bonds. The van der Waals surface area contributed by atoms with E-state index in [2.05, 4.69) is 16.0 Å². The van der Waals surface area contributed by atoms with Crippen molar-refractivity contribution in [1.82, 2.24) is 9.38 Å². The number of thiazole rings is 1. The van der Waals surface area contributed by atoms with Crippen molar-refractivity contribution >= 4 is 39.7 Å². The highest BCUT2D eigenvalue weighted by Gasteiger charge is 2.13. The fourth-order valence-electron chi connectivity index (χ4n) is 2.01. The molecule has 0 saturated carbocycles. The van der Waals surface area contributed by atoms with Crippen LogP contribution in [0, 0.1) is 0 Å². The summed E-state index contributed by atoms with van der Waals surface area (Å²) in [6.45, 7) is 0.697. The fraction of sp³-hybridized carbons (Fsp3) is 0.214. The number of rotatable bonds is 5. The minimum atomic E-state index is 0.697. The zero-order chi connectivity index (χ0) is 13.9. The Hall–Kier alpha value is -1.01. The number of benzene rings is 1. The predicted molar refractivity (Wildman–Crippen MR) is 86.0 cm³/mol. The first-order valence-electron chi connectivity index (χ1n) is 6.36. The maximum Gasteiger partial charge on any atom is 0.194 e. The zero-order valence-electron chi connectivity index (χ0n) is 10.8. The van der Waals surface area contributed by atoms with Crippen LogP contribution >= 0.6 is 34.7 Å². The third kappa shape index (κ3) is 2.86. The fourth-order valence-corrected chi connectivity index (χ4v) is 3.87. The van der Waals surface area contributed by atoms with Gasteiger partial charge in [0.15, 0.2) is 4.96 Å². The van der Waals surface area contributed by atoms with Gasteiger partial charge in [0.25, 0.3) is 0 Å². The van der Waals surface area contributed by atoms with Crippen LogP contribution in [0.2, 0.25) is 5.02 Å². The molecule has 0 fully saturated rings. The number of nitrogens with two attached hydrogens (primary N) is 1. The largest absolute Gasteiger partial charge is 0.330 e. The standard InChI is InChI=1S/C14H14ClN3S2/c15-10-3-5-11(6-4-10)20-13-12(2-1-7-16)18-8-9-19-14(18)17-13/h3-6,8-9H,1-2,7,16H2. The van der Waals surface area contributed by atoms with Crippen LogP contribution in [0.15, 0.2) is 45.8 Å². The molecule has 2 aromatic heterocycles. The van der Waals surface area contributed by atoms with Gasteiger partial charge in [-0.15, -0.1) is 11.3 Å². The van der Waals surface area contributed by atoms with E-state index in [4.69, 9.17) is 22.3 Å². The summed E-state index contributed by atoms with van der Waals surface area (Å²) in [5.41, 5.74) is 6.88. The zero-order valence-corrected chi connectivity index (χ0v) is 13.1. The second-order valence-corrected chi connectivity index (χ2v) is 6.74. The van der Waals surface area contributed by atoms with Gasteiger partial charge in [0.1, 0.15) is 5.03 Å². The number of imidazole rings is 1. The number of hydrogen-bond donors (Lipinski definition) is 1. The molecule has 0 aliphatic rings. The lowest BCUT2D eigenvalue weighted by Gasteiger charge is -2.03. The molecule has 1 aromatic carbocycles. The van der Waals surface area contributed by atoms with Gasteiger partial charge in [0.2, 0.25) is 0 Å². The molecule has 0 bridgehead atoms. The van der Waals surface area contributed by atoms with E-state index in [1.807, 2.05) is 24.3 Å². The second kappa shape index (κ2) is 6.18. The Morgan fingerprint density at radius 1 is 1.30 bits per heavy atom. The molecule has 0 unspecified atom stereocenters. The summed E-state index contributed by atoms with van der Waals surface area (Å²) in [6.07, 6.45) is 3.99. The molecule has 0 spiro atoms. The van der Waals surface area contributed by atoms with Crippen LogP contribution in [0.4, 0.5) is 0 Å². The van der Waals surface area contributed by atoms with E-state index in [9.17, 15) is 0 Å². The van der Waals surface area contributed by atoms with Gasteiger partial charge < -0.3 is 5.73 Å². The summed E-state index contributed by atoms with van der Waals surface area (Å²) < 4.78 is 2.17. The summed E-state index contributed by atoms with van der Waals surface area (Å²) in [5.74, 6) is 0. The normalized spacial score (nSPS) is 11.3. The average molecular weight is 324 g/mol. The Labute approximate surface area is 130 Å². The molecule has 104 valence electrons. The van der Waals surface area contributed by atoms with Crippen LogP contribution in [-0.4, -0.2) is 15.9 Å². The molecule has 2 N–H and O–H groups in total. The minimum Gasteiger partial charge on any atom is -0.330 e. The Bertz CT molecular complexity index is 703. The summed E-state index contributed by atoms with van der Waals surface area (Å²) in [6, 6.07) is 7.85. The van der Waals surface area contributed by atoms with E-state index in [-0.39, 0.29) is 0 Å². The molecule has 0 saturated heterocycles. The minimum absolute atomic E-state index is 0.697. The van der Waals surface area contributed by atoms with Gasteiger partial charge in [-0.1, -0.05) is 23.4 Å². The first-order chi connectivity index (χ1) is 9.78. The van der Waals surface area contributed by atoms with Crippen molar-refractivity contribution in [3.63, 3.8) is 0 Å². The molecule has 0 atom stereocenters. The second-order valence-electron chi connectivity index (χ2n) is 4.37. The summed E-state index contributed by atoms with van der Waals surface area (Å²) in [4.78, 5) is 6.90. The molecule has 3 aromatic rings. The van der Waals surface area contributed by atoms with Gasteiger partial charge in [-0.3, -0.25) is 4.40 Å². The number of hydrogen-bond acceptors (Lipinski definition) is 4. The molecule has 0 aliphatic carbocycles. The van der Waals surface area contributed by atoms with Crippen LogP contribution in [0.5, 0.6) is 0 Å². The van der Waals surface area contributed by atoms with Crippen LogP contribution in [0.3, 0.4) is 0 Å². The van der Waals surface area contributed by atoms with Gasteiger partial charge >= 0.3 is 0 Å². The lowest BCUT2D eigenvalue weighted by atomic mass is 10.2. The maximum atomic E-state index is 5.92. The number of aromatic nitrogens is 2. The van der Waals surface area contributed by atoms with E-state index < -0.39 is 0 Å². The summed E-state index contributed by atoms with van der Waals surface area (Å²) in [5, 5.41) is 3.88. The van der Waals surface area contributed by atoms with Crippen LogP contribution in [0.25, 0.3) is 4.96 Å². The molecule has 0 aliphatic heterocycles. The Morgan fingerprint density at radius 3 is 2.85 bits per heavy atom. The first-order valence-corrected chi connectivity index (χ1v) is 8.43. The van der Waals surface area contributed by atoms with E-state index in [1.165, 1.54) is 5.69 Å². The molecule has 20 heavy (non-hydrogen) atoms. The highest BCUT2D eigenvalue weighted by Crippen LogP contribution is 2.32. The third-order valence-corrected chi connectivity index (χ3v) is 5.01. The van der Waals surface area contributed by atoms with Crippen LogP contribution < -0.4 is 5.73 Å². The molecule has 2 heterocycles. The monoisotopic (exact) mass is 323 g/mol. The van der Waals surface area contributed by atoms with Crippen molar-refractivity contribution < 1.29 is 0 Å². The predicted octanol–water partition coefficient (Wildman–Crippen LogP) is 4.09. The van der Waals surface area contributed by atoms with E-state index in [1.54, 1.807) is 23.1 Å². The number of halogens is 1. The molecule has 6 heteroatoms. The van der Waals surface area contributed by atoms with Crippen molar-refractivity contribution in [2.45, 2.75) is 22.8 Å². The molecule has 3 rings (SSSR count). The van der Waals surface area contributed by atoms with E-state index in [0.29, 0.717) is 6.54 Å². The smallest absolute Gasteiger partial charge is 0.194 e. The SMILES string of the molecule is NCCCc1c(Sc2ccc(Cl)cc2)nc2sccn12. The lowest BCUT2D eigenvalue weighted by molar-refractivity contribution is 0.787. The van der Waals surface area contributed by atoms with Crippen molar-refractivity contribution in [1.29, 1.82) is 0 Å². The highest BCUT2D eigenvalue weighted by molar-refractivity contribution is 7.99. The topological polar surface area (TPSA) is 43.3 Å². The number of aryl methyl sites for hydroxylation is 1. The number of nitrogens with zero attached hydrogens (tertiary/aromatic N) is 2. The van der Waals surface area contributed by atoms with E-state index in [0.717, 1.165) is 32.7 Å². The third-order valence-electron chi connectivity index (χ3n) is 2.97. The quantitative estimate of drug-likeness (QED) is 0.769.